The summed E-state index contributed by atoms with van der Waals surface area (Å²) in [5, 5.41) is 14.4. The number of aryl methyl sites for hydroxylation is 1. The number of pyridine rings is 1. The Bertz CT molecular complexity index is 1520. The number of halogens is 1. The molecule has 3 aromatic rings. The molecule has 1 unspecified atom stereocenters. The van der Waals surface area contributed by atoms with Gasteiger partial charge >= 0.3 is 11.2 Å². The van der Waals surface area contributed by atoms with Gasteiger partial charge in [-0.1, -0.05) is 11.6 Å². The number of fused-ring (bicyclic) bond motifs is 1. The van der Waals surface area contributed by atoms with Crippen LogP contribution in [0.2, 0.25) is 5.02 Å². The number of nitrogens with zero attached hydrogens (tertiary/aromatic N) is 5. The second-order valence-electron chi connectivity index (χ2n) is 11.1. The molecular formula is C28H36ClN5O7S. The average molecular weight is 622 g/mol. The molecule has 1 saturated heterocycles. The summed E-state index contributed by atoms with van der Waals surface area (Å²) in [5.41, 5.74) is -0.0187. The third-order valence-corrected chi connectivity index (χ3v) is 8.08. The van der Waals surface area contributed by atoms with Gasteiger partial charge in [0.15, 0.2) is 5.65 Å². The van der Waals surface area contributed by atoms with E-state index in [1.165, 1.54) is 31.2 Å². The second-order valence-corrected chi connectivity index (χ2v) is 12.8. The first-order valence-corrected chi connectivity index (χ1v) is 15.4. The van der Waals surface area contributed by atoms with E-state index in [2.05, 4.69) is 9.97 Å². The minimum Gasteiger partial charge on any atom is -0.633 e. The van der Waals surface area contributed by atoms with Gasteiger partial charge in [0.1, 0.15) is 23.4 Å². The quantitative estimate of drug-likeness (QED) is 0.159. The molecule has 1 aliphatic heterocycles. The molecule has 1 amide bonds. The van der Waals surface area contributed by atoms with Gasteiger partial charge < -0.3 is 28.6 Å². The zero-order valence-electron chi connectivity index (χ0n) is 24.6. The molecule has 0 bridgehead atoms. The first-order valence-electron chi connectivity index (χ1n) is 13.5. The van der Waals surface area contributed by atoms with Crippen molar-refractivity contribution in [1.82, 2.24) is 19.4 Å². The molecule has 1 aliphatic rings. The van der Waals surface area contributed by atoms with Crippen molar-refractivity contribution in [2.75, 3.05) is 53.2 Å². The molecule has 228 valence electrons. The third kappa shape index (κ3) is 7.09. The lowest BCUT2D eigenvalue weighted by Crippen LogP contribution is -2.58. The maximum Gasteiger partial charge on any atom is 0.410 e. The molecule has 3 heterocycles. The molecule has 4 rings (SSSR count). The lowest BCUT2D eigenvalue weighted by Gasteiger charge is -2.48. The Balaban J connectivity index is 1.63. The van der Waals surface area contributed by atoms with Crippen LogP contribution in [0.4, 0.5) is 4.79 Å². The number of carbonyl (C=O) groups is 1. The number of hydrogen-bond donors (Lipinski definition) is 0. The summed E-state index contributed by atoms with van der Waals surface area (Å²) in [6.45, 7) is 6.80. The number of hydrogen-bond acceptors (Lipinski definition) is 9. The first-order chi connectivity index (χ1) is 19.7. The highest BCUT2D eigenvalue weighted by Gasteiger charge is 2.31. The Morgan fingerprint density at radius 2 is 1.83 bits per heavy atom. The Morgan fingerprint density at radius 1 is 1.14 bits per heavy atom. The van der Waals surface area contributed by atoms with E-state index in [-0.39, 0.29) is 55.0 Å². The molecule has 0 N–H and O–H groups in total. The fourth-order valence-corrected chi connectivity index (χ4v) is 5.50. The van der Waals surface area contributed by atoms with Crippen molar-refractivity contribution < 1.29 is 28.2 Å². The predicted molar refractivity (Wildman–Crippen MR) is 160 cm³/mol. The molecule has 1 fully saturated rings. The van der Waals surface area contributed by atoms with Gasteiger partial charge in [-0.15, -0.1) is 0 Å². The van der Waals surface area contributed by atoms with Crippen LogP contribution < -0.4 is 15.0 Å². The smallest absolute Gasteiger partial charge is 0.410 e. The van der Waals surface area contributed by atoms with Gasteiger partial charge in [0.05, 0.1) is 52.0 Å². The highest BCUT2D eigenvalue weighted by Crippen LogP contribution is 2.38. The van der Waals surface area contributed by atoms with Crippen LogP contribution in [0, 0.1) is 5.21 Å². The van der Waals surface area contributed by atoms with E-state index in [9.17, 15) is 19.3 Å². The number of aromatic nitrogens is 3. The van der Waals surface area contributed by atoms with Crippen molar-refractivity contribution >= 4 is 39.9 Å². The van der Waals surface area contributed by atoms with Crippen molar-refractivity contribution in [3.8, 4) is 22.6 Å². The summed E-state index contributed by atoms with van der Waals surface area (Å²) in [7, 11) is 2.97. The molecule has 0 aliphatic carbocycles. The molecule has 12 nitrogen and oxygen atoms in total. The summed E-state index contributed by atoms with van der Waals surface area (Å²) in [6.07, 6.45) is 2.91. The van der Waals surface area contributed by atoms with Crippen LogP contribution in [0.15, 0.2) is 34.3 Å². The predicted octanol–water partition coefficient (Wildman–Crippen LogP) is 3.82. The molecule has 0 saturated carbocycles. The zero-order valence-corrected chi connectivity index (χ0v) is 26.2. The van der Waals surface area contributed by atoms with E-state index in [4.69, 9.17) is 25.8 Å². The summed E-state index contributed by atoms with van der Waals surface area (Å²) < 4.78 is 29.3. The molecule has 1 aromatic carbocycles. The van der Waals surface area contributed by atoms with Gasteiger partial charge in [-0.2, -0.15) is 9.97 Å². The van der Waals surface area contributed by atoms with E-state index in [1.807, 2.05) is 0 Å². The number of quaternary nitrogens is 1. The third-order valence-electron chi connectivity index (χ3n) is 6.97. The fourth-order valence-electron chi connectivity index (χ4n) is 4.80. The summed E-state index contributed by atoms with van der Waals surface area (Å²) in [6, 6.07) is 4.90. The minimum absolute atomic E-state index is 0.0927. The number of hydroxylamine groups is 3. The molecule has 0 radical (unpaired) electrons. The Kier molecular flexibility index (Phi) is 9.58. The van der Waals surface area contributed by atoms with E-state index in [1.54, 1.807) is 43.9 Å². The van der Waals surface area contributed by atoms with Crippen LogP contribution in [0.3, 0.4) is 0 Å². The topological polar surface area (TPSA) is 142 Å². The summed E-state index contributed by atoms with van der Waals surface area (Å²) in [4.78, 5) is 36.6. The van der Waals surface area contributed by atoms with Gasteiger partial charge in [-0.3, -0.25) is 14.3 Å². The number of carbonyl (C=O) groups excluding carboxylic acids is 1. The maximum absolute atomic E-state index is 14.0. The SMILES string of the molecule is COc1cc(OC)c(Cl)c(-c2cc3cnc([S+](C)[O-])nc3n(CCC[N+]3([O-])CCN(C(=O)OC(C)(C)C)CC3)c2=O)c1. The molecule has 2 aromatic heterocycles. The number of rotatable bonds is 8. The zero-order chi connectivity index (χ0) is 30.8. The van der Waals surface area contributed by atoms with Gasteiger partial charge in [0.25, 0.3) is 5.56 Å². The monoisotopic (exact) mass is 621 g/mol. The molecule has 0 spiro atoms. The van der Waals surface area contributed by atoms with Gasteiger partial charge in [-0.25, -0.2) is 4.79 Å². The van der Waals surface area contributed by atoms with Crippen LogP contribution in [0.1, 0.15) is 27.2 Å². The molecule has 42 heavy (non-hydrogen) atoms. The van der Waals surface area contributed by atoms with Crippen LogP contribution in [0.5, 0.6) is 11.5 Å². The van der Waals surface area contributed by atoms with Gasteiger partial charge in [0, 0.05) is 52.9 Å². The summed E-state index contributed by atoms with van der Waals surface area (Å²) in [5.74, 6) is 0.793. The van der Waals surface area contributed by atoms with Crippen molar-refractivity contribution in [2.45, 2.75) is 44.5 Å². The van der Waals surface area contributed by atoms with Crippen molar-refractivity contribution in [3.63, 3.8) is 0 Å². The van der Waals surface area contributed by atoms with Crippen molar-refractivity contribution in [1.29, 1.82) is 0 Å². The highest BCUT2D eigenvalue weighted by atomic mass is 35.5. The maximum atomic E-state index is 14.0. The fraction of sp³-hybridized carbons (Fsp3) is 0.500. The standard InChI is InChI=1S/C28H36ClN5O7S/c1-28(2,3)41-27(36)32-9-12-34(37,13-10-32)11-7-8-33-24-18(17-30-26(31-24)42(6)38)14-21(25(33)35)20-15-19(39-4)16-22(40-5)23(20)29/h14-17H,7-13H2,1-6H3. The van der Waals surface area contributed by atoms with E-state index < -0.39 is 33.1 Å². The van der Waals surface area contributed by atoms with Crippen LogP contribution in [-0.2, 0) is 22.5 Å². The molecule has 14 heteroatoms. The van der Waals surface area contributed by atoms with Crippen molar-refractivity contribution in [2.24, 2.45) is 0 Å². The van der Waals surface area contributed by atoms with Crippen LogP contribution in [-0.4, -0.2) is 93.5 Å². The van der Waals surface area contributed by atoms with Gasteiger partial charge in [-0.05, 0) is 32.9 Å². The summed E-state index contributed by atoms with van der Waals surface area (Å²) >= 11 is 5.16. The lowest BCUT2D eigenvalue weighted by molar-refractivity contribution is -0.884. The first kappa shape index (κ1) is 31.8. The average Bonchev–Trinajstić information content (AvgIpc) is 2.93. The second kappa shape index (κ2) is 12.6. The Morgan fingerprint density at radius 3 is 2.43 bits per heavy atom. The van der Waals surface area contributed by atoms with E-state index >= 15 is 0 Å². The number of ether oxygens (including phenoxy) is 3. The molecule has 1 atom stereocenters. The van der Waals surface area contributed by atoms with Crippen molar-refractivity contribution in [3.05, 3.63) is 45.0 Å². The van der Waals surface area contributed by atoms with Gasteiger partial charge in [0.2, 0.25) is 0 Å². The van der Waals surface area contributed by atoms with E-state index in [0.717, 1.165) is 0 Å². The number of methoxy groups -OCH3 is 2. The van der Waals surface area contributed by atoms with E-state index in [0.29, 0.717) is 34.5 Å². The Labute approximate surface area is 252 Å². The largest absolute Gasteiger partial charge is 0.633 e. The minimum atomic E-state index is -1.47. The highest BCUT2D eigenvalue weighted by molar-refractivity contribution is 7.90. The van der Waals surface area contributed by atoms with Crippen LogP contribution >= 0.6 is 11.6 Å². The number of benzene rings is 1. The Hall–Kier alpha value is -3.10. The normalized spacial score (nSPS) is 15.9. The molecular weight excluding hydrogens is 586 g/mol. The lowest BCUT2D eigenvalue weighted by atomic mass is 10.0. The number of amides is 1. The number of piperazine rings is 1. The van der Waals surface area contributed by atoms with Crippen LogP contribution in [0.25, 0.3) is 22.2 Å².